The molecule has 2 aromatic rings. The van der Waals surface area contributed by atoms with Crippen LogP contribution in [0.5, 0.6) is 11.5 Å². The average molecular weight is 389 g/mol. The van der Waals surface area contributed by atoms with E-state index in [0.29, 0.717) is 17.1 Å². The van der Waals surface area contributed by atoms with Gasteiger partial charge in [-0.1, -0.05) is 53.0 Å². The summed E-state index contributed by atoms with van der Waals surface area (Å²) in [5, 5.41) is 2.60. The molecule has 0 unspecified atom stereocenters. The Bertz CT molecular complexity index is 699. The van der Waals surface area contributed by atoms with Crippen molar-refractivity contribution in [1.82, 2.24) is 5.32 Å². The highest BCUT2D eigenvalue weighted by Gasteiger charge is 2.36. The Kier molecular flexibility index (Phi) is 6.21. The first-order valence-corrected chi connectivity index (χ1v) is 8.18. The van der Waals surface area contributed by atoms with Gasteiger partial charge in [0.2, 0.25) is 10.0 Å². The molecular formula is C17H16Cl3NO3. The van der Waals surface area contributed by atoms with Crippen molar-refractivity contribution in [1.29, 1.82) is 0 Å². The smallest absolute Gasteiger partial charge is 0.254 e. The molecule has 0 heterocycles. The Morgan fingerprint density at radius 1 is 1.04 bits per heavy atom. The summed E-state index contributed by atoms with van der Waals surface area (Å²) in [6.45, 7) is 1.82. The van der Waals surface area contributed by atoms with Crippen LogP contribution in [-0.4, -0.2) is 23.0 Å². The average Bonchev–Trinajstić information content (AvgIpc) is 2.54. The van der Waals surface area contributed by atoms with Gasteiger partial charge in [-0.25, -0.2) is 0 Å². The van der Waals surface area contributed by atoms with Crippen molar-refractivity contribution in [2.75, 3.05) is 7.11 Å². The van der Waals surface area contributed by atoms with E-state index in [9.17, 15) is 4.79 Å². The van der Waals surface area contributed by atoms with Gasteiger partial charge in [0, 0.05) is 5.56 Å². The number of carbonyl (C=O) groups excluding carboxylic acids is 1. The lowest BCUT2D eigenvalue weighted by Gasteiger charge is -2.26. The lowest BCUT2D eigenvalue weighted by atomic mass is 10.1. The van der Waals surface area contributed by atoms with Crippen molar-refractivity contribution < 1.29 is 14.3 Å². The standard InChI is InChI=1S/C17H16Cl3NO3/c1-11-5-3-4-6-14(11)15(22)21-16(17(18,19)20)24-13-9-7-12(23-2)8-10-13/h3-10,16H,1-2H3,(H,21,22)/t16-/m1/s1. The van der Waals surface area contributed by atoms with E-state index in [4.69, 9.17) is 44.3 Å². The molecule has 24 heavy (non-hydrogen) atoms. The predicted molar refractivity (Wildman–Crippen MR) is 96.3 cm³/mol. The van der Waals surface area contributed by atoms with E-state index in [1.54, 1.807) is 43.5 Å². The maximum Gasteiger partial charge on any atom is 0.254 e. The normalized spacial score (nSPS) is 12.4. The number of nitrogens with one attached hydrogen (secondary N) is 1. The zero-order valence-corrected chi connectivity index (χ0v) is 15.3. The number of methoxy groups -OCH3 is 1. The SMILES string of the molecule is COc1ccc(O[C@@H](NC(=O)c2ccccc2C)C(Cl)(Cl)Cl)cc1. The molecule has 7 heteroatoms. The lowest BCUT2D eigenvalue weighted by molar-refractivity contribution is 0.0832. The van der Waals surface area contributed by atoms with Gasteiger partial charge in [0.1, 0.15) is 11.5 Å². The largest absolute Gasteiger partial charge is 0.497 e. The highest BCUT2D eigenvalue weighted by atomic mass is 35.6. The summed E-state index contributed by atoms with van der Waals surface area (Å²) >= 11 is 17.8. The van der Waals surface area contributed by atoms with Crippen LogP contribution in [0.1, 0.15) is 15.9 Å². The summed E-state index contributed by atoms with van der Waals surface area (Å²) < 4.78 is 8.85. The van der Waals surface area contributed by atoms with Crippen molar-refractivity contribution in [3.8, 4) is 11.5 Å². The van der Waals surface area contributed by atoms with Gasteiger partial charge in [0.05, 0.1) is 7.11 Å². The van der Waals surface area contributed by atoms with Crippen molar-refractivity contribution >= 4 is 40.7 Å². The van der Waals surface area contributed by atoms with Crippen molar-refractivity contribution in [2.45, 2.75) is 16.9 Å². The van der Waals surface area contributed by atoms with Gasteiger partial charge in [-0.2, -0.15) is 0 Å². The van der Waals surface area contributed by atoms with Gasteiger partial charge >= 0.3 is 0 Å². The van der Waals surface area contributed by atoms with Crippen molar-refractivity contribution in [2.24, 2.45) is 0 Å². The summed E-state index contributed by atoms with van der Waals surface area (Å²) in [6.07, 6.45) is -1.16. The topological polar surface area (TPSA) is 47.6 Å². The third-order valence-electron chi connectivity index (χ3n) is 3.26. The Morgan fingerprint density at radius 2 is 1.62 bits per heavy atom. The Morgan fingerprint density at radius 3 is 2.17 bits per heavy atom. The van der Waals surface area contributed by atoms with Crippen LogP contribution in [0.3, 0.4) is 0 Å². The minimum Gasteiger partial charge on any atom is -0.497 e. The molecule has 2 rings (SSSR count). The number of hydrogen-bond acceptors (Lipinski definition) is 3. The second kappa shape index (κ2) is 7.97. The minimum absolute atomic E-state index is 0.391. The molecule has 2 aromatic carbocycles. The van der Waals surface area contributed by atoms with Gasteiger partial charge < -0.3 is 14.8 Å². The summed E-state index contributed by atoms with van der Waals surface area (Å²) in [4.78, 5) is 12.4. The number of benzene rings is 2. The molecule has 1 amide bonds. The Labute approximate surface area is 155 Å². The summed E-state index contributed by atoms with van der Waals surface area (Å²) in [6, 6.07) is 13.8. The van der Waals surface area contributed by atoms with E-state index >= 15 is 0 Å². The Balaban J connectivity index is 2.16. The third-order valence-corrected chi connectivity index (χ3v) is 3.86. The number of rotatable bonds is 5. The monoisotopic (exact) mass is 387 g/mol. The molecule has 0 aliphatic carbocycles. The van der Waals surface area contributed by atoms with E-state index in [1.807, 2.05) is 19.1 Å². The second-order valence-corrected chi connectivity index (χ2v) is 7.37. The number of ether oxygens (including phenoxy) is 2. The molecule has 0 fully saturated rings. The zero-order chi connectivity index (χ0) is 17.7. The third kappa shape index (κ3) is 4.94. The fourth-order valence-corrected chi connectivity index (χ4v) is 2.29. The lowest BCUT2D eigenvalue weighted by Crippen LogP contribution is -2.48. The van der Waals surface area contributed by atoms with E-state index in [0.717, 1.165) is 5.56 Å². The number of alkyl halides is 3. The molecule has 0 aliphatic heterocycles. The molecule has 0 spiro atoms. The molecule has 128 valence electrons. The van der Waals surface area contributed by atoms with Gasteiger partial charge in [-0.15, -0.1) is 0 Å². The van der Waals surface area contributed by atoms with E-state index in [1.165, 1.54) is 0 Å². The van der Waals surface area contributed by atoms with Crippen molar-refractivity contribution in [3.63, 3.8) is 0 Å². The molecule has 0 aromatic heterocycles. The highest BCUT2D eigenvalue weighted by molar-refractivity contribution is 6.68. The van der Waals surface area contributed by atoms with Crippen LogP contribution in [0, 0.1) is 6.92 Å². The summed E-state index contributed by atoms with van der Waals surface area (Å²) in [5.41, 5.74) is 1.29. The maximum atomic E-state index is 12.4. The van der Waals surface area contributed by atoms with Crippen LogP contribution in [0.15, 0.2) is 48.5 Å². The maximum absolute atomic E-state index is 12.4. The van der Waals surface area contributed by atoms with Gasteiger partial charge in [0.15, 0.2) is 0 Å². The van der Waals surface area contributed by atoms with Crippen LogP contribution >= 0.6 is 34.8 Å². The number of amides is 1. The minimum atomic E-state index is -1.85. The molecule has 1 N–H and O–H groups in total. The molecular weight excluding hydrogens is 373 g/mol. The van der Waals surface area contributed by atoms with Gasteiger partial charge in [0.25, 0.3) is 5.91 Å². The Hall–Kier alpha value is -1.62. The van der Waals surface area contributed by atoms with E-state index in [-0.39, 0.29) is 0 Å². The van der Waals surface area contributed by atoms with Crippen LogP contribution < -0.4 is 14.8 Å². The van der Waals surface area contributed by atoms with E-state index < -0.39 is 15.9 Å². The molecule has 0 saturated heterocycles. The van der Waals surface area contributed by atoms with Crippen LogP contribution in [-0.2, 0) is 0 Å². The molecule has 0 radical (unpaired) electrons. The molecule has 0 saturated carbocycles. The number of aryl methyl sites for hydroxylation is 1. The number of carbonyl (C=O) groups is 1. The van der Waals surface area contributed by atoms with Gasteiger partial charge in [-0.3, -0.25) is 4.79 Å². The quantitative estimate of drug-likeness (QED) is 0.605. The van der Waals surface area contributed by atoms with Crippen LogP contribution in [0.4, 0.5) is 0 Å². The molecule has 0 bridgehead atoms. The zero-order valence-electron chi connectivity index (χ0n) is 13.1. The molecule has 4 nitrogen and oxygen atoms in total. The highest BCUT2D eigenvalue weighted by Crippen LogP contribution is 2.32. The number of halogens is 3. The molecule has 1 atom stereocenters. The summed E-state index contributed by atoms with van der Waals surface area (Å²) in [7, 11) is 1.56. The van der Waals surface area contributed by atoms with Crippen LogP contribution in [0.25, 0.3) is 0 Å². The van der Waals surface area contributed by atoms with Gasteiger partial charge in [-0.05, 0) is 42.8 Å². The van der Waals surface area contributed by atoms with E-state index in [2.05, 4.69) is 5.32 Å². The number of hydrogen-bond donors (Lipinski definition) is 1. The first-order chi connectivity index (χ1) is 11.3. The first kappa shape index (κ1) is 18.7. The van der Waals surface area contributed by atoms with Crippen molar-refractivity contribution in [3.05, 3.63) is 59.7 Å². The fourth-order valence-electron chi connectivity index (χ4n) is 1.99. The summed E-state index contributed by atoms with van der Waals surface area (Å²) in [5.74, 6) is 0.701. The second-order valence-electron chi connectivity index (χ2n) is 5.00. The first-order valence-electron chi connectivity index (χ1n) is 7.05. The molecule has 0 aliphatic rings. The van der Waals surface area contributed by atoms with Crippen LogP contribution in [0.2, 0.25) is 0 Å². The fraction of sp³-hybridized carbons (Fsp3) is 0.235. The predicted octanol–water partition coefficient (Wildman–Crippen LogP) is 4.51.